The number of rotatable bonds is 2. The summed E-state index contributed by atoms with van der Waals surface area (Å²) >= 11 is 0. The van der Waals surface area contributed by atoms with Crippen molar-refractivity contribution < 1.29 is 22.5 Å². The quantitative estimate of drug-likeness (QED) is 0.766. The van der Waals surface area contributed by atoms with E-state index in [-0.39, 0.29) is 5.56 Å². The zero-order chi connectivity index (χ0) is 18.5. The van der Waals surface area contributed by atoms with Crippen LogP contribution in [0.3, 0.4) is 0 Å². The maximum atomic E-state index is 13.4. The fourth-order valence-corrected chi connectivity index (χ4v) is 2.75. The van der Waals surface area contributed by atoms with Crippen LogP contribution in [0.25, 0.3) is 11.1 Å². The Bertz CT molecular complexity index is 774. The highest BCUT2D eigenvalue weighted by Gasteiger charge is 2.53. The molecule has 1 fully saturated rings. The van der Waals surface area contributed by atoms with Crippen LogP contribution in [0.1, 0.15) is 33.3 Å². The molecule has 0 radical (unpaired) electrons. The Morgan fingerprint density at radius 2 is 1.44 bits per heavy atom. The van der Waals surface area contributed by atoms with Crippen molar-refractivity contribution in [3.05, 3.63) is 48.2 Å². The van der Waals surface area contributed by atoms with Crippen LogP contribution in [0.2, 0.25) is 0 Å². The van der Waals surface area contributed by atoms with Crippen molar-refractivity contribution in [2.45, 2.75) is 45.1 Å². The lowest BCUT2D eigenvalue weighted by Crippen LogP contribution is -2.41. The molecule has 0 atom stereocenters. The summed E-state index contributed by atoms with van der Waals surface area (Å²) in [5.74, 6) is 0. The highest BCUT2D eigenvalue weighted by atomic mass is 19.4. The van der Waals surface area contributed by atoms with Crippen LogP contribution >= 0.6 is 0 Å². The average Bonchev–Trinajstić information content (AvgIpc) is 2.74. The second-order valence-electron chi connectivity index (χ2n) is 7.07. The predicted octanol–water partition coefficient (Wildman–Crippen LogP) is 4.07. The van der Waals surface area contributed by atoms with Crippen LogP contribution in [0.15, 0.2) is 42.6 Å². The molecule has 0 N–H and O–H groups in total. The monoisotopic (exact) mass is 349 g/mol. The summed E-state index contributed by atoms with van der Waals surface area (Å²) < 4.78 is 52.2. The molecule has 0 amide bonds. The smallest absolute Gasteiger partial charge is 0.398 e. The Hall–Kier alpha value is -1.86. The maximum Gasteiger partial charge on any atom is 0.515 e. The van der Waals surface area contributed by atoms with Crippen molar-refractivity contribution >= 4 is 12.7 Å². The number of hydrogen-bond acceptors (Lipinski definition) is 3. The van der Waals surface area contributed by atoms with Gasteiger partial charge in [-0.1, -0.05) is 24.3 Å². The largest absolute Gasteiger partial charge is 0.515 e. The lowest BCUT2D eigenvalue weighted by Gasteiger charge is -2.32. The van der Waals surface area contributed by atoms with Crippen LogP contribution in [0.5, 0.6) is 0 Å². The lowest BCUT2D eigenvalue weighted by atomic mass is 9.78. The minimum absolute atomic E-state index is 0.0628. The average molecular weight is 349 g/mol. The first-order valence-corrected chi connectivity index (χ1v) is 8.00. The molecule has 3 nitrogen and oxygen atoms in total. The minimum atomic E-state index is -4.46. The standard InChI is InChI=1S/C18H19BF3NO2/c1-16(2)17(3,4)25-19(24-16)15-13(9-7-11-23-15)12-8-5-6-10-14(12)18(20,21)22/h5-11H,1-4H3. The van der Waals surface area contributed by atoms with Crippen molar-refractivity contribution in [1.82, 2.24) is 4.98 Å². The summed E-state index contributed by atoms with van der Waals surface area (Å²) in [6.07, 6.45) is -2.93. The fraction of sp³-hybridized carbons (Fsp3) is 0.389. The lowest BCUT2D eigenvalue weighted by molar-refractivity contribution is -0.137. The molecule has 0 saturated carbocycles. The van der Waals surface area contributed by atoms with Gasteiger partial charge < -0.3 is 9.31 Å². The molecule has 132 valence electrons. The van der Waals surface area contributed by atoms with Crippen LogP contribution in [-0.2, 0) is 15.5 Å². The first kappa shape index (κ1) is 18.0. The molecular weight excluding hydrogens is 330 g/mol. The van der Waals surface area contributed by atoms with E-state index in [1.54, 1.807) is 18.2 Å². The van der Waals surface area contributed by atoms with Crippen molar-refractivity contribution in [3.63, 3.8) is 0 Å². The number of nitrogens with zero attached hydrogens (tertiary/aromatic N) is 1. The minimum Gasteiger partial charge on any atom is -0.398 e. The molecule has 2 aromatic rings. The van der Waals surface area contributed by atoms with E-state index < -0.39 is 30.1 Å². The van der Waals surface area contributed by atoms with Gasteiger partial charge in [0.2, 0.25) is 0 Å². The molecule has 7 heteroatoms. The molecule has 25 heavy (non-hydrogen) atoms. The molecule has 2 heterocycles. The third kappa shape index (κ3) is 3.18. The van der Waals surface area contributed by atoms with Gasteiger partial charge in [0.15, 0.2) is 0 Å². The summed E-state index contributed by atoms with van der Waals surface area (Å²) in [5.41, 5.74) is -1.15. The summed E-state index contributed by atoms with van der Waals surface area (Å²) in [6, 6.07) is 8.67. The first-order chi connectivity index (χ1) is 11.5. The van der Waals surface area contributed by atoms with Crippen molar-refractivity contribution in [1.29, 1.82) is 0 Å². The van der Waals surface area contributed by atoms with E-state index in [2.05, 4.69) is 4.98 Å². The number of hydrogen-bond donors (Lipinski definition) is 0. The van der Waals surface area contributed by atoms with Crippen LogP contribution in [0.4, 0.5) is 13.2 Å². The van der Waals surface area contributed by atoms with Gasteiger partial charge in [-0.15, -0.1) is 0 Å². The number of halogens is 3. The number of pyridine rings is 1. The zero-order valence-corrected chi connectivity index (χ0v) is 14.5. The molecule has 0 aliphatic carbocycles. The molecule has 0 unspecified atom stereocenters. The summed E-state index contributed by atoms with van der Waals surface area (Å²) in [6.45, 7) is 7.55. The van der Waals surface area contributed by atoms with Gasteiger partial charge in [0.05, 0.1) is 22.4 Å². The summed E-state index contributed by atoms with van der Waals surface area (Å²) in [7, 11) is -0.831. The zero-order valence-electron chi connectivity index (χ0n) is 14.5. The Balaban J connectivity index is 2.11. The Labute approximate surface area is 145 Å². The second kappa shape index (κ2) is 5.85. The predicted molar refractivity (Wildman–Crippen MR) is 90.4 cm³/mol. The third-order valence-corrected chi connectivity index (χ3v) is 4.84. The van der Waals surface area contributed by atoms with Crippen LogP contribution in [-0.4, -0.2) is 23.3 Å². The van der Waals surface area contributed by atoms with E-state index in [9.17, 15) is 13.2 Å². The topological polar surface area (TPSA) is 31.4 Å². The first-order valence-electron chi connectivity index (χ1n) is 8.00. The molecule has 3 rings (SSSR count). The van der Waals surface area contributed by atoms with Crippen molar-refractivity contribution in [2.75, 3.05) is 0 Å². The highest BCUT2D eigenvalue weighted by molar-refractivity contribution is 6.62. The Morgan fingerprint density at radius 1 is 0.880 bits per heavy atom. The van der Waals surface area contributed by atoms with Crippen LogP contribution < -0.4 is 5.59 Å². The van der Waals surface area contributed by atoms with Crippen molar-refractivity contribution in [2.24, 2.45) is 0 Å². The fourth-order valence-electron chi connectivity index (χ4n) is 2.75. The summed E-state index contributed by atoms with van der Waals surface area (Å²) in [5, 5.41) is 0. The van der Waals surface area contributed by atoms with Gasteiger partial charge in [0.25, 0.3) is 0 Å². The molecule has 1 aliphatic heterocycles. The molecular formula is C18H19BF3NO2. The van der Waals surface area contributed by atoms with Gasteiger partial charge in [-0.2, -0.15) is 13.2 Å². The van der Waals surface area contributed by atoms with Gasteiger partial charge >= 0.3 is 13.3 Å². The van der Waals surface area contributed by atoms with E-state index in [0.717, 1.165) is 6.07 Å². The van der Waals surface area contributed by atoms with Gasteiger partial charge in [0, 0.05) is 11.8 Å². The number of aromatic nitrogens is 1. The van der Waals surface area contributed by atoms with E-state index in [4.69, 9.17) is 9.31 Å². The third-order valence-electron chi connectivity index (χ3n) is 4.84. The van der Waals surface area contributed by atoms with E-state index in [0.29, 0.717) is 11.2 Å². The molecule has 1 saturated heterocycles. The van der Waals surface area contributed by atoms with Crippen molar-refractivity contribution in [3.8, 4) is 11.1 Å². The van der Waals surface area contributed by atoms with E-state index in [1.165, 1.54) is 18.3 Å². The van der Waals surface area contributed by atoms with Gasteiger partial charge in [-0.25, -0.2) is 0 Å². The van der Waals surface area contributed by atoms with Gasteiger partial charge in [0.1, 0.15) is 0 Å². The Kier molecular flexibility index (Phi) is 4.20. The molecule has 0 spiro atoms. The van der Waals surface area contributed by atoms with Crippen LogP contribution in [0, 0.1) is 0 Å². The number of benzene rings is 1. The molecule has 1 aliphatic rings. The SMILES string of the molecule is CC1(C)OB(c2ncccc2-c2ccccc2C(F)(F)F)OC1(C)C. The Morgan fingerprint density at radius 3 is 2.04 bits per heavy atom. The second-order valence-corrected chi connectivity index (χ2v) is 7.07. The maximum absolute atomic E-state index is 13.4. The number of alkyl halides is 3. The molecule has 0 bridgehead atoms. The normalized spacial score (nSPS) is 19.2. The molecule has 1 aromatic carbocycles. The van der Waals surface area contributed by atoms with E-state index in [1.807, 2.05) is 27.7 Å². The highest BCUT2D eigenvalue weighted by Crippen LogP contribution is 2.39. The van der Waals surface area contributed by atoms with Gasteiger partial charge in [-0.05, 0) is 45.4 Å². The molecule has 1 aromatic heterocycles. The van der Waals surface area contributed by atoms with Gasteiger partial charge in [-0.3, -0.25) is 4.98 Å². The summed E-state index contributed by atoms with van der Waals surface area (Å²) in [4.78, 5) is 4.27. The van der Waals surface area contributed by atoms with E-state index >= 15 is 0 Å².